The van der Waals surface area contributed by atoms with Gasteiger partial charge in [0.05, 0.1) is 45.9 Å². The Hall–Kier alpha value is -4.39. The Labute approximate surface area is 370 Å². The molecule has 31 nitrogen and oxygen atoms in total. The van der Waals surface area contributed by atoms with Gasteiger partial charge in [0.25, 0.3) is 0 Å². The molecule has 2 aliphatic heterocycles. The first-order chi connectivity index (χ1) is 30.7. The van der Waals surface area contributed by atoms with Crippen LogP contribution >= 0.6 is 0 Å². The molecule has 0 bridgehead atoms. The number of aliphatic hydroxyl groups is 8. The number of hydrogen-bond acceptors (Lipinski definition) is 24. The predicted octanol–water partition coefficient (Wildman–Crippen LogP) is -11.7. The van der Waals surface area contributed by atoms with Gasteiger partial charge < -0.3 is 86.9 Å². The van der Waals surface area contributed by atoms with Gasteiger partial charge in [-0.05, 0) is 0 Å². The summed E-state index contributed by atoms with van der Waals surface area (Å²) in [5, 5.41) is 116. The molecule has 10 atom stereocenters. The first kappa shape index (κ1) is 56.7. The number of carboxylic acid groups (broad SMARTS) is 3. The number of ether oxygens (including phenoxy) is 2. The number of amides is 4. The lowest BCUT2D eigenvalue weighted by atomic mass is 9.99. The van der Waals surface area contributed by atoms with Gasteiger partial charge >= 0.3 is 17.9 Å². The van der Waals surface area contributed by atoms with Crippen molar-refractivity contribution in [2.24, 2.45) is 0 Å². The second kappa shape index (κ2) is 30.0. The van der Waals surface area contributed by atoms with Crippen LogP contribution in [0, 0.1) is 0 Å². The number of hydrogen-bond donors (Lipinski definition) is 17. The van der Waals surface area contributed by atoms with Crippen LogP contribution in [0.4, 0.5) is 0 Å². The third-order valence-electron chi connectivity index (χ3n) is 9.40. The van der Waals surface area contributed by atoms with Crippen molar-refractivity contribution in [2.75, 3.05) is 112 Å². The molecule has 0 aromatic heterocycles. The van der Waals surface area contributed by atoms with Gasteiger partial charge in [0, 0.05) is 52.4 Å². The molecule has 2 fully saturated rings. The fraction of sp³-hybridized carbons (Fsp3) is 0.794. The second-order valence-corrected chi connectivity index (χ2v) is 14.6. The van der Waals surface area contributed by atoms with E-state index in [-0.39, 0.29) is 52.4 Å². The average Bonchev–Trinajstić information content (AvgIpc) is 3.24. The van der Waals surface area contributed by atoms with E-state index in [1.807, 2.05) is 0 Å². The molecule has 17 N–H and O–H groups in total. The van der Waals surface area contributed by atoms with E-state index in [1.54, 1.807) is 0 Å². The number of aliphatic carboxylic acids is 3. The third-order valence-corrected chi connectivity index (χ3v) is 9.40. The van der Waals surface area contributed by atoms with Crippen molar-refractivity contribution in [3.8, 4) is 0 Å². The highest BCUT2D eigenvalue weighted by atomic mass is 16.7. The van der Waals surface area contributed by atoms with Gasteiger partial charge in [0.15, 0.2) is 12.5 Å². The van der Waals surface area contributed by atoms with E-state index in [1.165, 1.54) is 14.7 Å². The normalized spacial score (nSPS) is 25.6. The van der Waals surface area contributed by atoms with Crippen molar-refractivity contribution in [2.45, 2.75) is 61.3 Å². The third kappa shape index (κ3) is 21.6. The molecule has 2 heterocycles. The summed E-state index contributed by atoms with van der Waals surface area (Å²) in [5.74, 6) is -6.56. The van der Waals surface area contributed by atoms with Crippen molar-refractivity contribution in [1.82, 2.24) is 46.9 Å². The van der Waals surface area contributed by atoms with E-state index in [4.69, 9.17) is 19.1 Å². The Kier molecular flexibility index (Phi) is 26.2. The van der Waals surface area contributed by atoms with Crippen LogP contribution in [-0.2, 0) is 52.7 Å². The molecule has 0 aromatic carbocycles. The molecular weight excluding hydrogens is 886 g/mol. The lowest BCUT2D eigenvalue weighted by Gasteiger charge is -2.39. The number of hydroxylamine groups is 2. The Morgan fingerprint density at radius 3 is 1.06 bits per heavy atom. The summed E-state index contributed by atoms with van der Waals surface area (Å²) in [6.45, 7) is -6.22. The second-order valence-electron chi connectivity index (χ2n) is 14.6. The maximum absolute atomic E-state index is 12.6. The monoisotopic (exact) mass is 947 g/mol. The van der Waals surface area contributed by atoms with E-state index >= 15 is 0 Å². The van der Waals surface area contributed by atoms with E-state index in [0.29, 0.717) is 0 Å². The topological polar surface area (TPSA) is 461 Å². The average molecular weight is 948 g/mol. The van der Waals surface area contributed by atoms with Gasteiger partial charge in [0.2, 0.25) is 23.6 Å². The number of rotatable bonds is 32. The number of nitrogens with zero attached hydrogens (tertiary/aromatic N) is 3. The van der Waals surface area contributed by atoms with Crippen molar-refractivity contribution < 1.29 is 109 Å². The van der Waals surface area contributed by atoms with Crippen LogP contribution in [0.15, 0.2) is 0 Å². The summed E-state index contributed by atoms with van der Waals surface area (Å²) in [4.78, 5) is 97.8. The van der Waals surface area contributed by atoms with Crippen LogP contribution in [0.25, 0.3) is 0 Å². The molecule has 31 heteroatoms. The lowest BCUT2D eigenvalue weighted by molar-refractivity contribution is -0.260. The van der Waals surface area contributed by atoms with Crippen LogP contribution in [-0.4, -0.2) is 285 Å². The zero-order chi connectivity index (χ0) is 48.6. The van der Waals surface area contributed by atoms with Gasteiger partial charge in [-0.1, -0.05) is 0 Å². The minimum absolute atomic E-state index is 0.103. The Morgan fingerprint density at radius 2 is 0.738 bits per heavy atom. The van der Waals surface area contributed by atoms with E-state index < -0.39 is 162 Å². The maximum atomic E-state index is 12.6. The molecule has 65 heavy (non-hydrogen) atoms. The molecule has 4 amide bonds. The smallest absolute Gasteiger partial charge is 0.317 e. The standard InChI is InChI=1S/C34H61N9O22/c44-14-18-27(56)29(58)31(60)33(64-18)39-62-16-22(48)37-3-1-35-20(46)9-42(12-25(52)53)7-5-41(11-24(50)51)6-8-43(13-26(54)55)10-21(47)36-2-4-38-23(49)17-63-40-34-32(61)30(59)28(57)19(15-45)65-34/h18-19,27-34,39-40,44-45,56-61H,1-17H2,(H,35,46)(H,36,47)(H,37,48)(H,38,49)(H,50,51)(H,52,53)(H,54,55)/t18-,19-,27-,28-,29+,30+,31-,32-,33?,34?/m1/s1. The van der Waals surface area contributed by atoms with Gasteiger partial charge in [0.1, 0.15) is 62.0 Å². The molecule has 2 aliphatic rings. The highest BCUT2D eigenvalue weighted by Crippen LogP contribution is 2.20. The van der Waals surface area contributed by atoms with Gasteiger partial charge in [-0.15, -0.1) is 0 Å². The van der Waals surface area contributed by atoms with Crippen molar-refractivity contribution >= 4 is 41.5 Å². The van der Waals surface area contributed by atoms with Gasteiger partial charge in [-0.3, -0.25) is 57.9 Å². The molecule has 2 rings (SSSR count). The summed E-state index contributed by atoms with van der Waals surface area (Å²) in [7, 11) is 0. The minimum atomic E-state index is -1.67. The molecule has 2 saturated heterocycles. The lowest BCUT2D eigenvalue weighted by Crippen LogP contribution is -2.62. The van der Waals surface area contributed by atoms with Crippen LogP contribution in [0.1, 0.15) is 0 Å². The first-order valence-corrected chi connectivity index (χ1v) is 20.0. The fourth-order valence-electron chi connectivity index (χ4n) is 6.04. The highest BCUT2D eigenvalue weighted by molar-refractivity contribution is 5.80. The number of carboxylic acids is 3. The van der Waals surface area contributed by atoms with E-state index in [9.17, 15) is 89.7 Å². The zero-order valence-electron chi connectivity index (χ0n) is 35.0. The fourth-order valence-corrected chi connectivity index (χ4v) is 6.04. The predicted molar refractivity (Wildman–Crippen MR) is 210 cm³/mol. The number of nitrogens with one attached hydrogen (secondary N) is 6. The Bertz CT molecular complexity index is 1420. The molecule has 0 saturated carbocycles. The molecular formula is C34H61N9O22. The zero-order valence-corrected chi connectivity index (χ0v) is 35.0. The number of carbonyl (C=O) groups excluding carboxylic acids is 4. The quantitative estimate of drug-likeness (QED) is 0.0220. The summed E-state index contributed by atoms with van der Waals surface area (Å²) < 4.78 is 10.3. The molecule has 374 valence electrons. The minimum Gasteiger partial charge on any atom is -0.480 e. The SMILES string of the molecule is O=C(O)CN(CCN(CC(=O)O)CC(=O)NCCNC(=O)CONC1O[C@H](CO)[C@@H](O)[C@H](O)[C@H]1O)CCN(CC(=O)O)CC(=O)NCCNC(=O)CONC1O[C@H](CO)[C@@H](O)[C@H](O)[C@H]1O. The van der Waals surface area contributed by atoms with Crippen molar-refractivity contribution in [1.29, 1.82) is 0 Å². The highest BCUT2D eigenvalue weighted by Gasteiger charge is 2.44. The van der Waals surface area contributed by atoms with E-state index in [2.05, 4.69) is 32.2 Å². The van der Waals surface area contributed by atoms with Gasteiger partial charge in [-0.25, -0.2) is 0 Å². The molecule has 0 radical (unpaired) electrons. The van der Waals surface area contributed by atoms with Crippen LogP contribution in [0.5, 0.6) is 0 Å². The molecule has 0 spiro atoms. The summed E-state index contributed by atoms with van der Waals surface area (Å²) in [6, 6.07) is 0. The van der Waals surface area contributed by atoms with Gasteiger partial charge in [-0.2, -0.15) is 11.0 Å². The Morgan fingerprint density at radius 1 is 0.431 bits per heavy atom. The largest absolute Gasteiger partial charge is 0.480 e. The number of aliphatic hydroxyl groups excluding tert-OH is 8. The summed E-state index contributed by atoms with van der Waals surface area (Å²) in [6.07, 6.45) is -15.0. The van der Waals surface area contributed by atoms with E-state index in [0.717, 1.165) is 0 Å². The summed E-state index contributed by atoms with van der Waals surface area (Å²) in [5.41, 5.74) is 4.39. The number of carbonyl (C=O) groups is 7. The summed E-state index contributed by atoms with van der Waals surface area (Å²) >= 11 is 0. The molecule has 0 aromatic rings. The van der Waals surface area contributed by atoms with Crippen LogP contribution < -0.4 is 32.2 Å². The first-order valence-electron chi connectivity index (χ1n) is 20.0. The Balaban J connectivity index is 1.75. The van der Waals surface area contributed by atoms with Crippen molar-refractivity contribution in [3.63, 3.8) is 0 Å². The van der Waals surface area contributed by atoms with Crippen molar-refractivity contribution in [3.05, 3.63) is 0 Å². The van der Waals surface area contributed by atoms with Crippen LogP contribution in [0.2, 0.25) is 0 Å². The van der Waals surface area contributed by atoms with Crippen LogP contribution in [0.3, 0.4) is 0 Å². The maximum Gasteiger partial charge on any atom is 0.317 e. The molecule has 2 unspecified atom stereocenters. The molecule has 0 aliphatic carbocycles.